The quantitative estimate of drug-likeness (QED) is 0.214. The highest BCUT2D eigenvalue weighted by molar-refractivity contribution is 7.99. The number of nitrogens with zero attached hydrogens (tertiary/aromatic N) is 2. The second-order valence-electron chi connectivity index (χ2n) is 7.75. The number of hydrogen-bond donors (Lipinski definition) is 5. The van der Waals surface area contributed by atoms with Gasteiger partial charge in [-0.2, -0.15) is 0 Å². The molecular formula is C18H33N3O6S. The summed E-state index contributed by atoms with van der Waals surface area (Å²) in [5.41, 5.74) is -0.635. The summed E-state index contributed by atoms with van der Waals surface area (Å²) in [4.78, 5) is 14.9. The Morgan fingerprint density at radius 3 is 2.57 bits per heavy atom. The summed E-state index contributed by atoms with van der Waals surface area (Å²) in [7, 11) is 1.90. The Hall–Kier alpha value is -0.910. The minimum absolute atomic E-state index is 0.145. The number of carbonyl (C=O) groups is 1. The van der Waals surface area contributed by atoms with Gasteiger partial charge in [-0.15, -0.1) is 11.8 Å². The van der Waals surface area contributed by atoms with Crippen LogP contribution in [0.3, 0.4) is 0 Å². The minimum atomic E-state index is -1.45. The number of thioether (sulfide) groups is 1. The highest BCUT2D eigenvalue weighted by Crippen LogP contribution is 2.30. The summed E-state index contributed by atoms with van der Waals surface area (Å²) in [6, 6.07) is -1.26. The predicted molar refractivity (Wildman–Crippen MR) is 106 cm³/mol. The van der Waals surface area contributed by atoms with Crippen LogP contribution >= 0.6 is 11.8 Å². The van der Waals surface area contributed by atoms with Crippen LogP contribution in [0.4, 0.5) is 0 Å². The van der Waals surface area contributed by atoms with E-state index in [2.05, 4.69) is 17.4 Å². The molecule has 2 rings (SSSR count). The number of hydrogen-bond acceptors (Lipinski definition) is 9. The third kappa shape index (κ3) is 4.98. The second-order valence-corrected chi connectivity index (χ2v) is 8.69. The van der Waals surface area contributed by atoms with Crippen LogP contribution in [-0.4, -0.2) is 98.8 Å². The first kappa shape index (κ1) is 23.4. The average Bonchev–Trinajstić information content (AvgIpc) is 3.05. The number of likely N-dealkylation sites (N-methyl/N-ethyl adjacent to an activating group) is 1. The first-order valence-electron chi connectivity index (χ1n) is 9.66. The minimum Gasteiger partial charge on any atom is -0.411 e. The van der Waals surface area contributed by atoms with Gasteiger partial charge in [-0.1, -0.05) is 18.5 Å². The maximum absolute atomic E-state index is 12.9. The van der Waals surface area contributed by atoms with Gasteiger partial charge in [0.15, 0.2) is 0 Å². The molecule has 0 aromatic rings. The Labute approximate surface area is 170 Å². The molecule has 2 aliphatic rings. The summed E-state index contributed by atoms with van der Waals surface area (Å²) in [5, 5.41) is 45.9. The molecule has 0 radical (unpaired) electrons. The van der Waals surface area contributed by atoms with E-state index < -0.39 is 35.9 Å². The van der Waals surface area contributed by atoms with Crippen molar-refractivity contribution in [2.45, 2.75) is 75.0 Å². The Balaban J connectivity index is 2.17. The van der Waals surface area contributed by atoms with Gasteiger partial charge in [0.2, 0.25) is 5.91 Å². The zero-order valence-electron chi connectivity index (χ0n) is 16.9. The number of oxime groups is 1. The summed E-state index contributed by atoms with van der Waals surface area (Å²) >= 11 is 1.18. The third-order valence-corrected chi connectivity index (χ3v) is 6.56. The number of ether oxygens (including phenoxy) is 1. The topological polar surface area (TPSA) is 135 Å². The van der Waals surface area contributed by atoms with E-state index in [1.807, 2.05) is 11.9 Å². The summed E-state index contributed by atoms with van der Waals surface area (Å²) in [6.45, 7) is 4.46. The normalized spacial score (nSPS) is 38.4. The molecule has 1 amide bonds. The first-order valence-corrected chi connectivity index (χ1v) is 11.0. The van der Waals surface area contributed by atoms with Gasteiger partial charge in [-0.05, 0) is 39.0 Å². The molecule has 0 aromatic heterocycles. The van der Waals surface area contributed by atoms with Crippen LogP contribution in [0, 0.1) is 5.92 Å². The van der Waals surface area contributed by atoms with Gasteiger partial charge < -0.3 is 30.6 Å². The first-order chi connectivity index (χ1) is 13.2. The standard InChI is InChI=1S/C18H33N3O6S/c1-5-6-10-7-11(21(3)8-10)17(25)19-12(9(2)20-26)16-14(23)13(22)15(24)18(27-16)28-4/h10-16,18,22-24,26H,5-8H2,1-4H3,(H,19,25)/b20-9-/t10-,11+,12-,13+,14-,15-,16-,18-/m1/s1. The zero-order valence-corrected chi connectivity index (χ0v) is 17.7. The molecule has 2 fully saturated rings. The van der Waals surface area contributed by atoms with Crippen LogP contribution in [0.25, 0.3) is 0 Å². The van der Waals surface area contributed by atoms with Gasteiger partial charge in [0.25, 0.3) is 0 Å². The van der Waals surface area contributed by atoms with Crippen molar-refractivity contribution in [1.82, 2.24) is 10.2 Å². The van der Waals surface area contributed by atoms with Gasteiger partial charge in [-0.3, -0.25) is 9.69 Å². The lowest BCUT2D eigenvalue weighted by molar-refractivity contribution is -0.200. The lowest BCUT2D eigenvalue weighted by Gasteiger charge is -2.43. The highest BCUT2D eigenvalue weighted by Gasteiger charge is 2.48. The average molecular weight is 420 g/mol. The van der Waals surface area contributed by atoms with Crippen LogP contribution in [0.1, 0.15) is 33.1 Å². The lowest BCUT2D eigenvalue weighted by Crippen LogP contribution is -2.65. The molecule has 0 unspecified atom stereocenters. The molecule has 0 bridgehead atoms. The molecular weight excluding hydrogens is 386 g/mol. The van der Waals surface area contributed by atoms with E-state index in [0.29, 0.717) is 5.92 Å². The fourth-order valence-electron chi connectivity index (χ4n) is 4.11. The van der Waals surface area contributed by atoms with E-state index in [0.717, 1.165) is 25.8 Å². The van der Waals surface area contributed by atoms with Crippen LogP contribution in [0.15, 0.2) is 5.16 Å². The van der Waals surface area contributed by atoms with Gasteiger partial charge in [-0.25, -0.2) is 0 Å². The Morgan fingerprint density at radius 1 is 1.32 bits per heavy atom. The summed E-state index contributed by atoms with van der Waals surface area (Å²) in [6.07, 6.45) is -0.658. The number of nitrogens with one attached hydrogen (secondary N) is 1. The van der Waals surface area contributed by atoms with E-state index in [-0.39, 0.29) is 17.7 Å². The van der Waals surface area contributed by atoms with E-state index in [9.17, 15) is 25.3 Å². The lowest BCUT2D eigenvalue weighted by atomic mass is 9.92. The van der Waals surface area contributed by atoms with Crippen molar-refractivity contribution in [3.05, 3.63) is 0 Å². The van der Waals surface area contributed by atoms with Gasteiger partial charge in [0.05, 0.1) is 17.8 Å². The molecule has 0 aromatic carbocycles. The predicted octanol–water partition coefficient (Wildman–Crippen LogP) is -0.388. The fraction of sp³-hybridized carbons (Fsp3) is 0.889. The van der Waals surface area contributed by atoms with E-state index in [4.69, 9.17) is 4.74 Å². The van der Waals surface area contributed by atoms with Crippen molar-refractivity contribution < 1.29 is 30.1 Å². The Bertz CT molecular complexity index is 563. The van der Waals surface area contributed by atoms with Crippen molar-refractivity contribution in [2.75, 3.05) is 19.8 Å². The Kier molecular flexibility index (Phi) is 8.53. The van der Waals surface area contributed by atoms with Crippen molar-refractivity contribution >= 4 is 23.4 Å². The summed E-state index contributed by atoms with van der Waals surface area (Å²) in [5.74, 6) is 0.206. The van der Waals surface area contributed by atoms with Gasteiger partial charge in [0, 0.05) is 6.54 Å². The molecule has 0 saturated carbocycles. The largest absolute Gasteiger partial charge is 0.411 e. The van der Waals surface area contributed by atoms with Crippen LogP contribution < -0.4 is 5.32 Å². The molecule has 162 valence electrons. The molecule has 2 aliphatic heterocycles. The zero-order chi connectivity index (χ0) is 21.0. The molecule has 2 saturated heterocycles. The molecule has 28 heavy (non-hydrogen) atoms. The fourth-order valence-corrected chi connectivity index (χ4v) is 4.79. The number of rotatable bonds is 7. The number of aliphatic hydroxyl groups excluding tert-OH is 3. The SMILES string of the molecule is CCC[C@@H]1C[C@@H](C(=O)N[C@H](/C(C)=N\O)[C@H]2O[C@H](SC)[C@H](O)[C@@H](O)[C@H]2O)N(C)C1. The van der Waals surface area contributed by atoms with Crippen LogP contribution in [0.5, 0.6) is 0 Å². The number of amides is 1. The number of aliphatic hydroxyl groups is 3. The summed E-state index contributed by atoms with van der Waals surface area (Å²) < 4.78 is 5.75. The van der Waals surface area contributed by atoms with Crippen molar-refractivity contribution in [3.8, 4) is 0 Å². The van der Waals surface area contributed by atoms with Crippen LogP contribution in [-0.2, 0) is 9.53 Å². The number of likely N-dealkylation sites (tertiary alicyclic amines) is 1. The smallest absolute Gasteiger partial charge is 0.237 e. The molecule has 8 atom stereocenters. The molecule has 5 N–H and O–H groups in total. The van der Waals surface area contributed by atoms with Crippen LogP contribution in [0.2, 0.25) is 0 Å². The molecule has 0 spiro atoms. The highest BCUT2D eigenvalue weighted by atomic mass is 32.2. The molecule has 0 aliphatic carbocycles. The Morgan fingerprint density at radius 2 is 2.00 bits per heavy atom. The van der Waals surface area contributed by atoms with Crippen molar-refractivity contribution in [1.29, 1.82) is 0 Å². The number of carbonyl (C=O) groups excluding carboxylic acids is 1. The molecule has 2 heterocycles. The molecule has 10 heteroatoms. The van der Waals surface area contributed by atoms with Crippen molar-refractivity contribution in [2.24, 2.45) is 11.1 Å². The van der Waals surface area contributed by atoms with E-state index in [1.54, 1.807) is 6.26 Å². The van der Waals surface area contributed by atoms with E-state index >= 15 is 0 Å². The van der Waals surface area contributed by atoms with Gasteiger partial charge >= 0.3 is 0 Å². The van der Waals surface area contributed by atoms with Gasteiger partial charge in [0.1, 0.15) is 29.9 Å². The van der Waals surface area contributed by atoms with E-state index in [1.165, 1.54) is 18.7 Å². The molecule has 9 nitrogen and oxygen atoms in total. The second kappa shape index (κ2) is 10.2. The third-order valence-electron chi connectivity index (χ3n) is 5.71. The monoisotopic (exact) mass is 419 g/mol. The maximum Gasteiger partial charge on any atom is 0.237 e. The van der Waals surface area contributed by atoms with Crippen molar-refractivity contribution in [3.63, 3.8) is 0 Å². The maximum atomic E-state index is 12.9.